The average molecular weight is 404 g/mol. The number of halogens is 1. The highest BCUT2D eigenvalue weighted by Gasteiger charge is 2.46. The van der Waals surface area contributed by atoms with E-state index in [1.165, 1.54) is 0 Å². The Morgan fingerprint density at radius 3 is 2.52 bits per heavy atom. The lowest BCUT2D eigenvalue weighted by Gasteiger charge is -2.18. The number of alkyl halides is 1. The second-order valence-electron chi connectivity index (χ2n) is 5.26. The third-order valence-electron chi connectivity index (χ3n) is 3.22. The number of nitrogens with zero attached hydrogens (tertiary/aromatic N) is 1. The zero-order valence-electron chi connectivity index (χ0n) is 12.3. The summed E-state index contributed by atoms with van der Waals surface area (Å²) in [5.41, 5.74) is -1.73. The molecule has 1 aliphatic heterocycles. The molecule has 1 unspecified atom stereocenters. The minimum absolute atomic E-state index is 0.670. The third-order valence-corrected chi connectivity index (χ3v) is 6.68. The summed E-state index contributed by atoms with van der Waals surface area (Å²) in [6.07, 6.45) is -6.15. The highest BCUT2D eigenvalue weighted by molar-refractivity contribution is 7.70. The number of aromatic amines is 1. The number of aliphatic hydroxyl groups is 1. The van der Waals surface area contributed by atoms with Crippen molar-refractivity contribution in [2.75, 3.05) is 12.5 Å². The number of H-pyrrole nitrogens is 1. The molecule has 0 spiro atoms. The van der Waals surface area contributed by atoms with Gasteiger partial charge in [0.15, 0.2) is 18.3 Å². The van der Waals surface area contributed by atoms with Crippen molar-refractivity contribution in [3.05, 3.63) is 33.1 Å². The fourth-order valence-electron chi connectivity index (χ4n) is 2.16. The summed E-state index contributed by atoms with van der Waals surface area (Å²) in [4.78, 5) is 51.2. The number of hydrogen-bond acceptors (Lipinski definition) is 7. The summed E-state index contributed by atoms with van der Waals surface area (Å²) >= 11 is 0. The Kier molecular flexibility index (Phi) is 5.81. The van der Waals surface area contributed by atoms with E-state index in [0.29, 0.717) is 4.57 Å². The standard InChI is InChI=1S/C10H15FN2O10P2/c11-7-8(15)5(3-22-25(20,21)4-24(17,18)19)23-9(7)13-2-1-6(14)12-10(13)16/h1-2,5,7-9,15H,3-4H2,(H,20,21)(H,12,14,16)(H2,17,18,19)/t5-,7-,8-,9-/m1/s1. The van der Waals surface area contributed by atoms with Gasteiger partial charge in [-0.1, -0.05) is 0 Å². The Labute approximate surface area is 138 Å². The van der Waals surface area contributed by atoms with Gasteiger partial charge in [0, 0.05) is 12.3 Å². The fraction of sp³-hybridized carbons (Fsp3) is 0.600. The van der Waals surface area contributed by atoms with Gasteiger partial charge in [0.25, 0.3) is 5.56 Å². The van der Waals surface area contributed by atoms with E-state index in [1.807, 2.05) is 4.98 Å². The predicted molar refractivity (Wildman–Crippen MR) is 78.8 cm³/mol. The van der Waals surface area contributed by atoms with Gasteiger partial charge in [-0.25, -0.2) is 9.18 Å². The van der Waals surface area contributed by atoms with Crippen LogP contribution in [0.4, 0.5) is 4.39 Å². The predicted octanol–water partition coefficient (Wildman–Crippen LogP) is -1.53. The molecule has 12 nitrogen and oxygen atoms in total. The summed E-state index contributed by atoms with van der Waals surface area (Å²) in [6.45, 7) is -0.857. The fourth-order valence-corrected chi connectivity index (χ4v) is 4.73. The van der Waals surface area contributed by atoms with Crippen LogP contribution in [0.1, 0.15) is 6.23 Å². The van der Waals surface area contributed by atoms with Gasteiger partial charge in [0.2, 0.25) is 0 Å². The zero-order chi connectivity index (χ0) is 19.0. The van der Waals surface area contributed by atoms with Crippen LogP contribution in [0.5, 0.6) is 0 Å². The molecular formula is C10H15FN2O10P2. The topological polar surface area (TPSA) is 188 Å². The number of aromatic nitrogens is 2. The third kappa shape index (κ3) is 5.16. The molecule has 0 bridgehead atoms. The molecule has 0 amide bonds. The minimum Gasteiger partial charge on any atom is -0.387 e. The van der Waals surface area contributed by atoms with Crippen LogP contribution >= 0.6 is 15.2 Å². The van der Waals surface area contributed by atoms with Gasteiger partial charge in [0.05, 0.1) is 6.61 Å². The van der Waals surface area contributed by atoms with Crippen molar-refractivity contribution < 1.29 is 42.6 Å². The molecule has 1 saturated heterocycles. The maximum Gasteiger partial charge on any atom is 0.340 e. The molecule has 25 heavy (non-hydrogen) atoms. The van der Waals surface area contributed by atoms with Crippen molar-refractivity contribution >= 4 is 15.2 Å². The number of aliphatic hydroxyl groups excluding tert-OH is 1. The van der Waals surface area contributed by atoms with Crippen molar-refractivity contribution in [2.45, 2.75) is 24.6 Å². The summed E-state index contributed by atoms with van der Waals surface area (Å²) < 4.78 is 46.6. The lowest BCUT2D eigenvalue weighted by molar-refractivity contribution is -0.0458. The number of rotatable bonds is 6. The molecule has 1 aliphatic rings. The van der Waals surface area contributed by atoms with Gasteiger partial charge in [0.1, 0.15) is 12.2 Å². The van der Waals surface area contributed by atoms with Crippen molar-refractivity contribution in [3.63, 3.8) is 0 Å². The van der Waals surface area contributed by atoms with Crippen LogP contribution < -0.4 is 11.2 Å². The van der Waals surface area contributed by atoms with Crippen molar-refractivity contribution in [3.8, 4) is 0 Å². The lowest BCUT2D eigenvalue weighted by Crippen LogP contribution is -2.35. The molecule has 5 N–H and O–H groups in total. The Hall–Kier alpha value is -1.17. The van der Waals surface area contributed by atoms with E-state index in [4.69, 9.17) is 14.5 Å². The molecule has 15 heteroatoms. The second-order valence-corrected chi connectivity index (χ2v) is 9.25. The molecule has 5 atom stereocenters. The molecule has 0 saturated carbocycles. The Morgan fingerprint density at radius 1 is 1.32 bits per heavy atom. The molecular weight excluding hydrogens is 389 g/mol. The van der Waals surface area contributed by atoms with Crippen LogP contribution in [-0.4, -0.2) is 60.2 Å². The van der Waals surface area contributed by atoms with Gasteiger partial charge in [-0.3, -0.25) is 23.5 Å². The van der Waals surface area contributed by atoms with Crippen molar-refractivity contribution in [2.24, 2.45) is 0 Å². The first-order valence-electron chi connectivity index (χ1n) is 6.70. The molecule has 0 aliphatic carbocycles. The molecule has 1 aromatic heterocycles. The van der Waals surface area contributed by atoms with Crippen LogP contribution in [0.25, 0.3) is 0 Å². The van der Waals surface area contributed by atoms with Crippen LogP contribution in [-0.2, 0) is 18.4 Å². The summed E-state index contributed by atoms with van der Waals surface area (Å²) in [5.74, 6) is -1.45. The number of ether oxygens (including phenoxy) is 1. The van der Waals surface area contributed by atoms with E-state index in [9.17, 15) is 33.1 Å². The molecule has 0 aromatic carbocycles. The smallest absolute Gasteiger partial charge is 0.340 e. The van der Waals surface area contributed by atoms with Crippen LogP contribution in [0.15, 0.2) is 21.9 Å². The molecule has 2 rings (SSSR count). The Morgan fingerprint density at radius 2 is 1.96 bits per heavy atom. The monoisotopic (exact) mass is 404 g/mol. The van der Waals surface area contributed by atoms with Gasteiger partial charge in [-0.15, -0.1) is 0 Å². The maximum absolute atomic E-state index is 14.2. The number of nitrogens with one attached hydrogen (secondary N) is 1. The quantitative estimate of drug-likeness (QED) is 0.348. The summed E-state index contributed by atoms with van der Waals surface area (Å²) in [6, 6.07) is 0.926. The largest absolute Gasteiger partial charge is 0.387 e. The molecule has 0 radical (unpaired) electrons. The average Bonchev–Trinajstić information content (AvgIpc) is 2.71. The van der Waals surface area contributed by atoms with E-state index < -0.39 is 63.6 Å². The summed E-state index contributed by atoms with van der Waals surface area (Å²) in [7, 11) is -9.56. The van der Waals surface area contributed by atoms with E-state index in [-0.39, 0.29) is 0 Å². The van der Waals surface area contributed by atoms with E-state index in [0.717, 1.165) is 12.3 Å². The van der Waals surface area contributed by atoms with Crippen LogP contribution in [0.3, 0.4) is 0 Å². The van der Waals surface area contributed by atoms with Gasteiger partial charge >= 0.3 is 20.9 Å². The lowest BCUT2D eigenvalue weighted by atomic mass is 10.1. The normalized spacial score (nSPS) is 29.5. The second kappa shape index (κ2) is 7.22. The van der Waals surface area contributed by atoms with Crippen molar-refractivity contribution in [1.82, 2.24) is 9.55 Å². The Balaban J connectivity index is 2.09. The molecule has 1 fully saturated rings. The first-order chi connectivity index (χ1) is 11.4. The molecule has 1 aromatic rings. The van der Waals surface area contributed by atoms with E-state index in [1.54, 1.807) is 0 Å². The van der Waals surface area contributed by atoms with Crippen LogP contribution in [0, 0.1) is 0 Å². The molecule has 2 heterocycles. The first-order valence-corrected chi connectivity index (χ1v) is 10.3. The van der Waals surface area contributed by atoms with Gasteiger partial charge in [-0.2, -0.15) is 0 Å². The van der Waals surface area contributed by atoms with Crippen molar-refractivity contribution in [1.29, 1.82) is 0 Å². The maximum atomic E-state index is 14.2. The highest BCUT2D eigenvalue weighted by Crippen LogP contribution is 2.55. The molecule has 142 valence electrons. The van der Waals surface area contributed by atoms with E-state index >= 15 is 0 Å². The zero-order valence-corrected chi connectivity index (χ0v) is 14.1. The Bertz CT molecular complexity index is 833. The SMILES string of the molecule is O=c1ccn([C@@H]2O[C@H](COP(=O)(O)CP(=O)(O)O)[C@@H](O)[C@H]2F)c(=O)[nH]1. The van der Waals surface area contributed by atoms with Crippen LogP contribution in [0.2, 0.25) is 0 Å². The summed E-state index contributed by atoms with van der Waals surface area (Å²) in [5, 5.41) is 9.77. The van der Waals surface area contributed by atoms with E-state index in [2.05, 4.69) is 4.52 Å². The van der Waals surface area contributed by atoms with Gasteiger partial charge in [-0.05, 0) is 0 Å². The first kappa shape index (κ1) is 20.1. The minimum atomic E-state index is -4.84. The highest BCUT2D eigenvalue weighted by atomic mass is 31.2. The number of hydrogen-bond donors (Lipinski definition) is 5. The van der Waals surface area contributed by atoms with Gasteiger partial charge < -0.3 is 29.0 Å².